The molecule has 0 aliphatic carbocycles. The number of carbonyl (C=O) groups is 1. The van der Waals surface area contributed by atoms with Gasteiger partial charge in [0.25, 0.3) is 11.5 Å². The molecule has 0 aliphatic heterocycles. The van der Waals surface area contributed by atoms with Crippen molar-refractivity contribution in [3.8, 4) is 0 Å². The molecule has 0 radical (unpaired) electrons. The van der Waals surface area contributed by atoms with Gasteiger partial charge in [0.05, 0.1) is 18.0 Å². The summed E-state index contributed by atoms with van der Waals surface area (Å²) in [5.41, 5.74) is 6.54. The minimum absolute atomic E-state index is 0.150. The molecular formula is C13H16N4O3S. The monoisotopic (exact) mass is 308 g/mol. The Hall–Kier alpha value is -2.19. The van der Waals surface area contributed by atoms with Crippen LogP contribution in [0.2, 0.25) is 0 Å². The van der Waals surface area contributed by atoms with E-state index in [1.54, 1.807) is 26.3 Å². The zero-order valence-corrected chi connectivity index (χ0v) is 12.6. The molecule has 0 aliphatic rings. The van der Waals surface area contributed by atoms with Gasteiger partial charge in [-0.05, 0) is 13.0 Å². The molecule has 2 rings (SSSR count). The summed E-state index contributed by atoms with van der Waals surface area (Å²) in [6.45, 7) is 2.56. The molecule has 0 fully saturated rings. The lowest BCUT2D eigenvalue weighted by Gasteiger charge is -2.08. The number of rotatable bonds is 5. The molecule has 1 amide bonds. The van der Waals surface area contributed by atoms with Crippen LogP contribution in [-0.2, 0) is 11.3 Å². The van der Waals surface area contributed by atoms with Gasteiger partial charge in [0.15, 0.2) is 5.13 Å². The predicted molar refractivity (Wildman–Crippen MR) is 81.8 cm³/mol. The van der Waals surface area contributed by atoms with Crippen molar-refractivity contribution in [2.45, 2.75) is 13.5 Å². The number of thiazole rings is 1. The number of hydrogen-bond acceptors (Lipinski definition) is 6. The van der Waals surface area contributed by atoms with Crippen molar-refractivity contribution in [1.82, 2.24) is 9.55 Å². The first-order valence-corrected chi connectivity index (χ1v) is 7.06. The number of amides is 1. The van der Waals surface area contributed by atoms with E-state index in [1.165, 1.54) is 10.6 Å². The van der Waals surface area contributed by atoms with Crippen LogP contribution in [0.15, 0.2) is 23.1 Å². The fraction of sp³-hybridized carbons (Fsp3) is 0.308. The van der Waals surface area contributed by atoms with Crippen molar-refractivity contribution < 1.29 is 9.53 Å². The van der Waals surface area contributed by atoms with Crippen LogP contribution in [0.1, 0.15) is 15.4 Å². The molecule has 0 saturated carbocycles. The van der Waals surface area contributed by atoms with E-state index >= 15 is 0 Å². The summed E-state index contributed by atoms with van der Waals surface area (Å²) in [7, 11) is 1.56. The van der Waals surface area contributed by atoms with Crippen LogP contribution in [0.3, 0.4) is 0 Å². The number of methoxy groups -OCH3 is 1. The average molecular weight is 308 g/mol. The van der Waals surface area contributed by atoms with Crippen LogP contribution in [0.25, 0.3) is 0 Å². The Balaban J connectivity index is 2.17. The SMILES string of the molecule is COCCn1cc(NC(=O)c2sc(N)nc2C)ccc1=O. The average Bonchev–Trinajstić information content (AvgIpc) is 2.78. The molecule has 7 nitrogen and oxygen atoms in total. The summed E-state index contributed by atoms with van der Waals surface area (Å²) in [6, 6.07) is 2.96. The largest absolute Gasteiger partial charge is 0.383 e. The molecule has 0 unspecified atom stereocenters. The fourth-order valence-electron chi connectivity index (χ4n) is 1.79. The van der Waals surface area contributed by atoms with Crippen molar-refractivity contribution in [1.29, 1.82) is 0 Å². The third kappa shape index (κ3) is 3.67. The van der Waals surface area contributed by atoms with Crippen LogP contribution in [0.5, 0.6) is 0 Å². The third-order valence-corrected chi connectivity index (χ3v) is 3.78. The highest BCUT2D eigenvalue weighted by atomic mass is 32.1. The number of hydrogen-bond donors (Lipinski definition) is 2. The number of nitrogens with zero attached hydrogens (tertiary/aromatic N) is 2. The van der Waals surface area contributed by atoms with E-state index in [1.807, 2.05) is 0 Å². The summed E-state index contributed by atoms with van der Waals surface area (Å²) < 4.78 is 6.42. The van der Waals surface area contributed by atoms with Crippen molar-refractivity contribution >= 4 is 28.1 Å². The molecule has 8 heteroatoms. The molecule has 21 heavy (non-hydrogen) atoms. The second-order valence-electron chi connectivity index (χ2n) is 4.36. The van der Waals surface area contributed by atoms with Crippen LogP contribution in [0, 0.1) is 6.92 Å². The van der Waals surface area contributed by atoms with Crippen molar-refractivity contribution in [3.63, 3.8) is 0 Å². The number of nitrogens with one attached hydrogen (secondary N) is 1. The lowest BCUT2D eigenvalue weighted by molar-refractivity contribution is 0.102. The van der Waals surface area contributed by atoms with Gasteiger partial charge in [0, 0.05) is 25.9 Å². The van der Waals surface area contributed by atoms with Gasteiger partial charge in [-0.15, -0.1) is 0 Å². The summed E-state index contributed by atoms with van der Waals surface area (Å²) in [6.07, 6.45) is 1.58. The Bertz CT molecular complexity index is 708. The standard InChI is InChI=1S/C13H16N4O3S/c1-8-11(21-13(14)15-8)12(19)16-9-3-4-10(18)17(7-9)5-6-20-2/h3-4,7H,5-6H2,1-2H3,(H2,14,15)(H,16,19). The van der Waals surface area contributed by atoms with Crippen LogP contribution in [0.4, 0.5) is 10.8 Å². The van der Waals surface area contributed by atoms with Gasteiger partial charge < -0.3 is 20.4 Å². The van der Waals surface area contributed by atoms with Crippen LogP contribution < -0.4 is 16.6 Å². The number of ether oxygens (including phenoxy) is 1. The van der Waals surface area contributed by atoms with Gasteiger partial charge in [-0.25, -0.2) is 4.98 Å². The summed E-state index contributed by atoms with van der Waals surface area (Å²) in [5.74, 6) is -0.293. The molecule has 0 bridgehead atoms. The number of nitrogens with two attached hydrogens (primary N) is 1. The number of anilines is 2. The summed E-state index contributed by atoms with van der Waals surface area (Å²) in [5, 5.41) is 3.08. The first kappa shape index (κ1) is 15.2. The maximum Gasteiger partial charge on any atom is 0.267 e. The highest BCUT2D eigenvalue weighted by Gasteiger charge is 2.14. The van der Waals surface area contributed by atoms with Crippen molar-refractivity contribution in [2.24, 2.45) is 0 Å². The molecule has 2 heterocycles. The second kappa shape index (κ2) is 6.51. The fourth-order valence-corrected chi connectivity index (χ4v) is 2.51. The van der Waals surface area contributed by atoms with Gasteiger partial charge in [-0.1, -0.05) is 11.3 Å². The number of aromatic nitrogens is 2. The van der Waals surface area contributed by atoms with Crippen LogP contribution in [-0.4, -0.2) is 29.2 Å². The minimum Gasteiger partial charge on any atom is -0.383 e. The van der Waals surface area contributed by atoms with E-state index < -0.39 is 0 Å². The maximum absolute atomic E-state index is 12.2. The molecule has 0 aromatic carbocycles. The quantitative estimate of drug-likeness (QED) is 0.861. The van der Waals surface area contributed by atoms with Gasteiger partial charge in [0.1, 0.15) is 4.88 Å². The minimum atomic E-state index is -0.293. The predicted octanol–water partition coefficient (Wildman–Crippen LogP) is 1.09. The first-order chi connectivity index (χ1) is 10.0. The topological polar surface area (TPSA) is 99.2 Å². The molecule has 2 aromatic rings. The lowest BCUT2D eigenvalue weighted by Crippen LogP contribution is -2.22. The Kier molecular flexibility index (Phi) is 4.71. The lowest BCUT2D eigenvalue weighted by atomic mass is 10.3. The first-order valence-electron chi connectivity index (χ1n) is 6.25. The number of nitrogen functional groups attached to an aromatic ring is 1. The smallest absolute Gasteiger partial charge is 0.267 e. The molecule has 3 N–H and O–H groups in total. The molecular weight excluding hydrogens is 292 g/mol. The zero-order chi connectivity index (χ0) is 15.4. The summed E-state index contributed by atoms with van der Waals surface area (Å²) in [4.78, 5) is 28.3. The van der Waals surface area contributed by atoms with Gasteiger partial charge >= 0.3 is 0 Å². The van der Waals surface area contributed by atoms with E-state index in [2.05, 4.69) is 10.3 Å². The molecule has 2 aromatic heterocycles. The Morgan fingerprint density at radius 1 is 1.52 bits per heavy atom. The van der Waals surface area contributed by atoms with E-state index in [0.717, 1.165) is 11.3 Å². The van der Waals surface area contributed by atoms with Crippen LogP contribution >= 0.6 is 11.3 Å². The highest BCUT2D eigenvalue weighted by Crippen LogP contribution is 2.20. The van der Waals surface area contributed by atoms with Gasteiger partial charge in [-0.3, -0.25) is 9.59 Å². The Morgan fingerprint density at radius 3 is 2.90 bits per heavy atom. The maximum atomic E-state index is 12.2. The number of pyridine rings is 1. The van der Waals surface area contributed by atoms with E-state index in [-0.39, 0.29) is 11.5 Å². The third-order valence-electron chi connectivity index (χ3n) is 2.80. The Morgan fingerprint density at radius 2 is 2.29 bits per heavy atom. The zero-order valence-electron chi connectivity index (χ0n) is 11.8. The second-order valence-corrected chi connectivity index (χ2v) is 5.39. The van der Waals surface area contributed by atoms with E-state index in [9.17, 15) is 9.59 Å². The van der Waals surface area contributed by atoms with Gasteiger partial charge in [0.2, 0.25) is 0 Å². The molecule has 0 atom stereocenters. The van der Waals surface area contributed by atoms with E-state index in [0.29, 0.717) is 34.5 Å². The van der Waals surface area contributed by atoms with Crippen molar-refractivity contribution in [2.75, 3.05) is 24.8 Å². The van der Waals surface area contributed by atoms with E-state index in [4.69, 9.17) is 10.5 Å². The molecule has 112 valence electrons. The Labute approximate surface area is 125 Å². The molecule has 0 saturated heterocycles. The highest BCUT2D eigenvalue weighted by molar-refractivity contribution is 7.17. The molecule has 0 spiro atoms. The number of aryl methyl sites for hydroxylation is 1. The van der Waals surface area contributed by atoms with Gasteiger partial charge in [-0.2, -0.15) is 0 Å². The normalized spacial score (nSPS) is 10.6. The van der Waals surface area contributed by atoms with Crippen molar-refractivity contribution in [3.05, 3.63) is 39.3 Å². The number of carbonyl (C=O) groups excluding carboxylic acids is 1. The summed E-state index contributed by atoms with van der Waals surface area (Å²) >= 11 is 1.13.